The molecule has 1 heterocycles. The van der Waals surface area contributed by atoms with E-state index in [9.17, 15) is 5.11 Å². The third kappa shape index (κ3) is 2.77. The average molecular weight is 267 g/mol. The van der Waals surface area contributed by atoms with Crippen LogP contribution in [0.4, 0.5) is 0 Å². The van der Waals surface area contributed by atoms with Gasteiger partial charge in [-0.3, -0.25) is 0 Å². The molecule has 1 aromatic carbocycles. The van der Waals surface area contributed by atoms with Crippen LogP contribution in [0.15, 0.2) is 12.1 Å². The van der Waals surface area contributed by atoms with Crippen LogP contribution in [0.3, 0.4) is 0 Å². The summed E-state index contributed by atoms with van der Waals surface area (Å²) in [4.78, 5) is 0. The summed E-state index contributed by atoms with van der Waals surface area (Å²) >= 11 is 0. The van der Waals surface area contributed by atoms with Gasteiger partial charge in [-0.1, -0.05) is 13.3 Å². The Labute approximate surface area is 113 Å². The van der Waals surface area contributed by atoms with Gasteiger partial charge in [0.2, 0.25) is 12.5 Å². The van der Waals surface area contributed by atoms with Crippen LogP contribution in [0.2, 0.25) is 0 Å². The Morgan fingerprint density at radius 3 is 2.84 bits per heavy atom. The molecule has 1 aromatic rings. The number of benzene rings is 1. The molecule has 0 aromatic heterocycles. The van der Waals surface area contributed by atoms with Gasteiger partial charge in [0.15, 0.2) is 11.5 Å². The highest BCUT2D eigenvalue weighted by Crippen LogP contribution is 2.44. The van der Waals surface area contributed by atoms with Gasteiger partial charge in [-0.2, -0.15) is 0 Å². The Balaban J connectivity index is 2.29. The number of hydrogen-bond acceptors (Lipinski definition) is 5. The van der Waals surface area contributed by atoms with Gasteiger partial charge in [0.1, 0.15) is 0 Å². The quantitative estimate of drug-likeness (QED) is 0.822. The Bertz CT molecular complexity index is 436. The van der Waals surface area contributed by atoms with Crippen molar-refractivity contribution in [2.24, 2.45) is 11.7 Å². The molecule has 0 radical (unpaired) electrons. The van der Waals surface area contributed by atoms with Crippen molar-refractivity contribution in [1.29, 1.82) is 0 Å². The van der Waals surface area contributed by atoms with E-state index in [4.69, 9.17) is 19.9 Å². The molecule has 5 nitrogen and oxygen atoms in total. The van der Waals surface area contributed by atoms with Gasteiger partial charge >= 0.3 is 0 Å². The maximum atomic E-state index is 10.4. The van der Waals surface area contributed by atoms with E-state index in [0.717, 1.165) is 18.4 Å². The normalized spacial score (nSPS) is 16.2. The molecule has 0 amide bonds. The second-order valence-corrected chi connectivity index (χ2v) is 4.69. The molecule has 3 N–H and O–H groups in total. The first-order valence-corrected chi connectivity index (χ1v) is 6.56. The van der Waals surface area contributed by atoms with E-state index in [1.165, 1.54) is 0 Å². The highest BCUT2D eigenvalue weighted by atomic mass is 16.7. The van der Waals surface area contributed by atoms with Crippen LogP contribution < -0.4 is 19.9 Å². The largest absolute Gasteiger partial charge is 0.493 e. The summed E-state index contributed by atoms with van der Waals surface area (Å²) in [5.74, 6) is 1.82. The minimum atomic E-state index is -0.617. The fourth-order valence-electron chi connectivity index (χ4n) is 2.37. The number of aliphatic hydroxyl groups is 1. The maximum absolute atomic E-state index is 10.4. The number of ether oxygens (including phenoxy) is 3. The van der Waals surface area contributed by atoms with E-state index in [0.29, 0.717) is 23.8 Å². The van der Waals surface area contributed by atoms with E-state index in [2.05, 4.69) is 6.92 Å². The Kier molecular flexibility index (Phi) is 4.50. The molecule has 1 aliphatic heterocycles. The second-order valence-electron chi connectivity index (χ2n) is 4.69. The van der Waals surface area contributed by atoms with Gasteiger partial charge in [0.25, 0.3) is 0 Å². The summed E-state index contributed by atoms with van der Waals surface area (Å²) in [6.45, 7) is 2.71. The molecule has 106 valence electrons. The standard InChI is InChI=1S/C14H21NO4/c1-3-4-9(7-15)13(16)10-5-11(17-2)14-12(6-10)18-8-19-14/h5-6,9,13,16H,3-4,7-8,15H2,1-2H3. The van der Waals surface area contributed by atoms with Crippen molar-refractivity contribution in [3.05, 3.63) is 17.7 Å². The molecule has 0 saturated heterocycles. The SMILES string of the molecule is CCCC(CN)C(O)c1cc(OC)c2c(c1)OCO2. The zero-order chi connectivity index (χ0) is 13.8. The van der Waals surface area contributed by atoms with Crippen LogP contribution >= 0.6 is 0 Å². The van der Waals surface area contributed by atoms with Crippen molar-refractivity contribution >= 4 is 0 Å². The van der Waals surface area contributed by atoms with Crippen LogP contribution in [0.5, 0.6) is 17.2 Å². The smallest absolute Gasteiger partial charge is 0.231 e. The van der Waals surface area contributed by atoms with E-state index < -0.39 is 6.10 Å². The van der Waals surface area contributed by atoms with Crippen LogP contribution in [0.1, 0.15) is 31.4 Å². The van der Waals surface area contributed by atoms with Crippen LogP contribution in [-0.2, 0) is 0 Å². The molecule has 0 spiro atoms. The molecule has 0 saturated carbocycles. The molecule has 0 bridgehead atoms. The minimum Gasteiger partial charge on any atom is -0.493 e. The molecule has 19 heavy (non-hydrogen) atoms. The Morgan fingerprint density at radius 1 is 1.42 bits per heavy atom. The van der Waals surface area contributed by atoms with Crippen molar-refractivity contribution < 1.29 is 19.3 Å². The van der Waals surface area contributed by atoms with Crippen molar-refractivity contribution in [3.8, 4) is 17.2 Å². The zero-order valence-electron chi connectivity index (χ0n) is 11.4. The van der Waals surface area contributed by atoms with Gasteiger partial charge < -0.3 is 25.1 Å². The third-order valence-electron chi connectivity index (χ3n) is 3.43. The van der Waals surface area contributed by atoms with Crippen LogP contribution in [0.25, 0.3) is 0 Å². The lowest BCUT2D eigenvalue weighted by molar-refractivity contribution is 0.106. The molecule has 5 heteroatoms. The molecule has 0 fully saturated rings. The van der Waals surface area contributed by atoms with Gasteiger partial charge in [-0.05, 0) is 30.7 Å². The molecule has 1 aliphatic rings. The first-order chi connectivity index (χ1) is 9.21. The van der Waals surface area contributed by atoms with Gasteiger partial charge in [-0.25, -0.2) is 0 Å². The summed E-state index contributed by atoms with van der Waals surface area (Å²) in [7, 11) is 1.57. The van der Waals surface area contributed by atoms with Gasteiger partial charge in [0, 0.05) is 5.92 Å². The van der Waals surface area contributed by atoms with Crippen molar-refractivity contribution in [1.82, 2.24) is 0 Å². The lowest BCUT2D eigenvalue weighted by Crippen LogP contribution is -2.21. The minimum absolute atomic E-state index is 0.0371. The summed E-state index contributed by atoms with van der Waals surface area (Å²) in [6.07, 6.45) is 1.25. The summed E-state index contributed by atoms with van der Waals surface area (Å²) in [5, 5.41) is 10.4. The summed E-state index contributed by atoms with van der Waals surface area (Å²) in [5.41, 5.74) is 6.49. The van der Waals surface area contributed by atoms with Crippen molar-refractivity contribution in [2.75, 3.05) is 20.4 Å². The zero-order valence-corrected chi connectivity index (χ0v) is 11.4. The Morgan fingerprint density at radius 2 is 2.21 bits per heavy atom. The van der Waals surface area contributed by atoms with Crippen LogP contribution in [0, 0.1) is 5.92 Å². The lowest BCUT2D eigenvalue weighted by Gasteiger charge is -2.22. The molecule has 2 atom stereocenters. The van der Waals surface area contributed by atoms with E-state index in [-0.39, 0.29) is 12.7 Å². The van der Waals surface area contributed by atoms with Gasteiger partial charge in [-0.15, -0.1) is 0 Å². The Hall–Kier alpha value is -1.46. The highest BCUT2D eigenvalue weighted by molar-refractivity contribution is 5.55. The maximum Gasteiger partial charge on any atom is 0.231 e. The molecule has 2 unspecified atom stereocenters. The van der Waals surface area contributed by atoms with Crippen molar-refractivity contribution in [3.63, 3.8) is 0 Å². The predicted octanol–water partition coefficient (Wildman–Crippen LogP) is 1.83. The number of rotatable bonds is 6. The number of methoxy groups -OCH3 is 1. The predicted molar refractivity (Wildman–Crippen MR) is 71.5 cm³/mol. The topological polar surface area (TPSA) is 73.9 Å². The molecular weight excluding hydrogens is 246 g/mol. The average Bonchev–Trinajstić information content (AvgIpc) is 2.91. The van der Waals surface area contributed by atoms with Crippen molar-refractivity contribution in [2.45, 2.75) is 25.9 Å². The third-order valence-corrected chi connectivity index (χ3v) is 3.43. The lowest BCUT2D eigenvalue weighted by atomic mass is 9.91. The van der Waals surface area contributed by atoms with Crippen LogP contribution in [-0.4, -0.2) is 25.6 Å². The summed E-state index contributed by atoms with van der Waals surface area (Å²) < 4.78 is 16.0. The molecule has 0 aliphatic carbocycles. The van der Waals surface area contributed by atoms with E-state index in [1.54, 1.807) is 19.2 Å². The monoisotopic (exact) mass is 267 g/mol. The fourth-order valence-corrected chi connectivity index (χ4v) is 2.37. The summed E-state index contributed by atoms with van der Waals surface area (Å²) in [6, 6.07) is 3.59. The number of aliphatic hydroxyl groups excluding tert-OH is 1. The fraction of sp³-hybridized carbons (Fsp3) is 0.571. The molecular formula is C14H21NO4. The first-order valence-electron chi connectivity index (χ1n) is 6.56. The number of nitrogens with two attached hydrogens (primary N) is 1. The van der Waals surface area contributed by atoms with E-state index in [1.807, 2.05) is 0 Å². The number of fused-ring (bicyclic) bond motifs is 1. The first kappa shape index (κ1) is 14.0. The molecule has 2 rings (SSSR count). The van der Waals surface area contributed by atoms with E-state index >= 15 is 0 Å². The number of hydrogen-bond donors (Lipinski definition) is 2. The van der Waals surface area contributed by atoms with Gasteiger partial charge in [0.05, 0.1) is 13.2 Å². The highest BCUT2D eigenvalue weighted by Gasteiger charge is 2.25. The second kappa shape index (κ2) is 6.12.